The lowest BCUT2D eigenvalue weighted by molar-refractivity contribution is -0.123. The van der Waals surface area contributed by atoms with Gasteiger partial charge in [0.2, 0.25) is 5.91 Å². The lowest BCUT2D eigenvalue weighted by Gasteiger charge is -2.23. The van der Waals surface area contributed by atoms with Crippen LogP contribution < -0.4 is 10.6 Å². The molecule has 1 aliphatic rings. The van der Waals surface area contributed by atoms with Gasteiger partial charge in [0, 0.05) is 18.8 Å². The summed E-state index contributed by atoms with van der Waals surface area (Å²) < 4.78 is 0. The zero-order valence-electron chi connectivity index (χ0n) is 10.9. The van der Waals surface area contributed by atoms with Crippen molar-refractivity contribution < 1.29 is 4.79 Å². The smallest absolute Gasteiger partial charge is 0.220 e. The molecule has 5 heteroatoms. The fraction of sp³-hybridized carbons (Fsp3) is 0.692. The highest BCUT2D eigenvalue weighted by atomic mass is 16.1. The molecule has 1 atom stereocenters. The average molecular weight is 250 g/mol. The summed E-state index contributed by atoms with van der Waals surface area (Å²) >= 11 is 0. The van der Waals surface area contributed by atoms with Crippen LogP contribution in [0.25, 0.3) is 0 Å². The number of carbonyl (C=O) groups excluding carboxylic acids is 1. The van der Waals surface area contributed by atoms with Gasteiger partial charge in [-0.2, -0.15) is 0 Å². The van der Waals surface area contributed by atoms with E-state index in [1.54, 1.807) is 12.4 Å². The van der Waals surface area contributed by atoms with Crippen LogP contribution in [0.15, 0.2) is 12.4 Å². The molecule has 1 aromatic rings. The number of aromatic nitrogens is 2. The standard InChI is InChI=1S/C13H22N4O/c1-2-11(13-15-7-8-16-13)17-12(18)9-10-3-5-14-6-4-10/h7-8,10-11,14H,2-6,9H2,1H3,(H,15,16)(H,17,18). The van der Waals surface area contributed by atoms with Crippen molar-refractivity contribution in [2.75, 3.05) is 13.1 Å². The van der Waals surface area contributed by atoms with Crippen molar-refractivity contribution in [1.29, 1.82) is 0 Å². The molecule has 0 saturated carbocycles. The largest absolute Gasteiger partial charge is 0.347 e. The van der Waals surface area contributed by atoms with E-state index in [4.69, 9.17) is 0 Å². The molecule has 0 aromatic carbocycles. The molecule has 2 heterocycles. The molecule has 18 heavy (non-hydrogen) atoms. The number of H-pyrrole nitrogens is 1. The van der Waals surface area contributed by atoms with Crippen molar-refractivity contribution >= 4 is 5.91 Å². The highest BCUT2D eigenvalue weighted by molar-refractivity contribution is 5.76. The fourth-order valence-electron chi connectivity index (χ4n) is 2.43. The molecule has 0 radical (unpaired) electrons. The number of hydrogen-bond donors (Lipinski definition) is 3. The summed E-state index contributed by atoms with van der Waals surface area (Å²) in [5.41, 5.74) is 0. The zero-order valence-corrected chi connectivity index (χ0v) is 10.9. The van der Waals surface area contributed by atoms with Gasteiger partial charge in [0.25, 0.3) is 0 Å². The van der Waals surface area contributed by atoms with E-state index in [9.17, 15) is 4.79 Å². The normalized spacial score (nSPS) is 18.5. The Balaban J connectivity index is 1.82. The van der Waals surface area contributed by atoms with Gasteiger partial charge >= 0.3 is 0 Å². The van der Waals surface area contributed by atoms with Gasteiger partial charge < -0.3 is 15.6 Å². The van der Waals surface area contributed by atoms with Crippen LogP contribution in [0.5, 0.6) is 0 Å². The summed E-state index contributed by atoms with van der Waals surface area (Å²) in [6, 6.07) is 0.00853. The van der Waals surface area contributed by atoms with Crippen LogP contribution >= 0.6 is 0 Å². The topological polar surface area (TPSA) is 69.8 Å². The number of piperidine rings is 1. The van der Waals surface area contributed by atoms with E-state index < -0.39 is 0 Å². The van der Waals surface area contributed by atoms with Gasteiger partial charge in [-0.3, -0.25) is 4.79 Å². The van der Waals surface area contributed by atoms with E-state index >= 15 is 0 Å². The minimum absolute atomic E-state index is 0.00853. The van der Waals surface area contributed by atoms with Gasteiger partial charge in [0.1, 0.15) is 5.82 Å². The zero-order chi connectivity index (χ0) is 12.8. The maximum atomic E-state index is 12.0. The summed E-state index contributed by atoms with van der Waals surface area (Å²) in [6.45, 7) is 4.12. The number of hydrogen-bond acceptors (Lipinski definition) is 3. The van der Waals surface area contributed by atoms with Crippen LogP contribution in [0.4, 0.5) is 0 Å². The summed E-state index contributed by atoms with van der Waals surface area (Å²) in [5, 5.41) is 6.38. The molecule has 0 aliphatic carbocycles. The van der Waals surface area contributed by atoms with Crippen molar-refractivity contribution in [2.24, 2.45) is 5.92 Å². The Kier molecular flexibility index (Phi) is 4.75. The number of carbonyl (C=O) groups is 1. The lowest BCUT2D eigenvalue weighted by atomic mass is 9.94. The van der Waals surface area contributed by atoms with Gasteiger partial charge in [-0.15, -0.1) is 0 Å². The molecule has 1 amide bonds. The Bertz CT molecular complexity index is 357. The third kappa shape index (κ3) is 3.57. The molecule has 1 fully saturated rings. The van der Waals surface area contributed by atoms with Crippen molar-refractivity contribution in [1.82, 2.24) is 20.6 Å². The van der Waals surface area contributed by atoms with E-state index in [0.29, 0.717) is 12.3 Å². The second kappa shape index (κ2) is 6.54. The van der Waals surface area contributed by atoms with Gasteiger partial charge in [-0.1, -0.05) is 6.92 Å². The van der Waals surface area contributed by atoms with Crippen LogP contribution in [0.2, 0.25) is 0 Å². The summed E-state index contributed by atoms with van der Waals surface area (Å²) in [4.78, 5) is 19.3. The average Bonchev–Trinajstić information content (AvgIpc) is 2.91. The third-order valence-corrected chi connectivity index (χ3v) is 3.53. The van der Waals surface area contributed by atoms with E-state index in [1.165, 1.54) is 0 Å². The molecule has 0 spiro atoms. The maximum absolute atomic E-state index is 12.0. The Morgan fingerprint density at radius 3 is 2.94 bits per heavy atom. The predicted molar refractivity (Wildman–Crippen MR) is 70.0 cm³/mol. The molecule has 1 unspecified atom stereocenters. The molecule has 1 aliphatic heterocycles. The van der Waals surface area contributed by atoms with Crippen LogP contribution in [0.3, 0.4) is 0 Å². The summed E-state index contributed by atoms with van der Waals surface area (Å²) in [7, 11) is 0. The maximum Gasteiger partial charge on any atom is 0.220 e. The highest BCUT2D eigenvalue weighted by Gasteiger charge is 2.19. The van der Waals surface area contributed by atoms with Crippen molar-refractivity contribution in [3.8, 4) is 0 Å². The van der Waals surface area contributed by atoms with Crippen LogP contribution in [-0.4, -0.2) is 29.0 Å². The van der Waals surface area contributed by atoms with Crippen LogP contribution in [0, 0.1) is 5.92 Å². The fourth-order valence-corrected chi connectivity index (χ4v) is 2.43. The van der Waals surface area contributed by atoms with Crippen LogP contribution in [0.1, 0.15) is 44.5 Å². The molecule has 2 rings (SSSR count). The molecule has 1 aromatic heterocycles. The molecule has 5 nitrogen and oxygen atoms in total. The van der Waals surface area contributed by atoms with E-state index in [1.807, 2.05) is 0 Å². The Morgan fingerprint density at radius 1 is 1.56 bits per heavy atom. The molecular weight excluding hydrogens is 228 g/mol. The van der Waals surface area contributed by atoms with Crippen LogP contribution in [-0.2, 0) is 4.79 Å². The van der Waals surface area contributed by atoms with Crippen molar-refractivity contribution in [3.05, 3.63) is 18.2 Å². The lowest BCUT2D eigenvalue weighted by Crippen LogP contribution is -2.34. The predicted octanol–water partition coefficient (Wildman–Crippen LogP) is 1.37. The summed E-state index contributed by atoms with van der Waals surface area (Å²) in [6.07, 6.45) is 7.20. The second-order valence-electron chi connectivity index (χ2n) is 4.90. The van der Waals surface area contributed by atoms with E-state index in [-0.39, 0.29) is 11.9 Å². The van der Waals surface area contributed by atoms with Gasteiger partial charge in [-0.05, 0) is 38.3 Å². The summed E-state index contributed by atoms with van der Waals surface area (Å²) in [5.74, 6) is 1.52. The third-order valence-electron chi connectivity index (χ3n) is 3.53. The first-order valence-electron chi connectivity index (χ1n) is 6.79. The molecular formula is C13H22N4O. The first-order chi connectivity index (χ1) is 8.79. The van der Waals surface area contributed by atoms with Crippen molar-refractivity contribution in [3.63, 3.8) is 0 Å². The Labute approximate surface area is 108 Å². The molecule has 100 valence electrons. The first-order valence-corrected chi connectivity index (χ1v) is 6.79. The first kappa shape index (κ1) is 13.1. The SMILES string of the molecule is CCC(NC(=O)CC1CCNCC1)c1ncc[nH]1. The monoisotopic (exact) mass is 250 g/mol. The van der Waals surface area contributed by atoms with Gasteiger partial charge in [0.05, 0.1) is 6.04 Å². The number of nitrogens with zero attached hydrogens (tertiary/aromatic N) is 1. The minimum atomic E-state index is 0.00853. The minimum Gasteiger partial charge on any atom is -0.347 e. The number of nitrogens with one attached hydrogen (secondary N) is 3. The number of rotatable bonds is 5. The Hall–Kier alpha value is -1.36. The Morgan fingerprint density at radius 2 is 2.33 bits per heavy atom. The van der Waals surface area contributed by atoms with E-state index in [0.717, 1.165) is 38.2 Å². The molecule has 3 N–H and O–H groups in total. The highest BCUT2D eigenvalue weighted by Crippen LogP contribution is 2.17. The van der Waals surface area contributed by atoms with Gasteiger partial charge in [0.15, 0.2) is 0 Å². The molecule has 0 bridgehead atoms. The molecule has 1 saturated heterocycles. The second-order valence-corrected chi connectivity index (χ2v) is 4.90. The number of amides is 1. The quantitative estimate of drug-likeness (QED) is 0.739. The van der Waals surface area contributed by atoms with Gasteiger partial charge in [-0.25, -0.2) is 4.98 Å². The van der Waals surface area contributed by atoms with Crippen molar-refractivity contribution in [2.45, 2.75) is 38.6 Å². The number of imidazole rings is 1. The van der Waals surface area contributed by atoms with E-state index in [2.05, 4.69) is 27.5 Å². The number of aromatic amines is 1.